The predicted molar refractivity (Wildman–Crippen MR) is 97.4 cm³/mol. The second-order valence-electron chi connectivity index (χ2n) is 4.79. The average Bonchev–Trinajstić information content (AvgIpc) is 2.55. The Bertz CT molecular complexity index is 744. The van der Waals surface area contributed by atoms with Gasteiger partial charge in [-0.15, -0.1) is 11.8 Å². The summed E-state index contributed by atoms with van der Waals surface area (Å²) >= 11 is 1.84. The maximum atomic E-state index is 9.30. The van der Waals surface area contributed by atoms with Crippen molar-refractivity contribution in [2.45, 2.75) is 13.8 Å². The Morgan fingerprint density at radius 3 is 2.68 bits per heavy atom. The summed E-state index contributed by atoms with van der Waals surface area (Å²) in [6.45, 7) is 7.71. The molecule has 0 amide bonds. The number of anilines is 1. The van der Waals surface area contributed by atoms with E-state index in [0.717, 1.165) is 33.8 Å². The zero-order chi connectivity index (χ0) is 15.9. The number of benzene rings is 2. The molecule has 22 heavy (non-hydrogen) atoms. The van der Waals surface area contributed by atoms with E-state index in [-0.39, 0.29) is 0 Å². The summed E-state index contributed by atoms with van der Waals surface area (Å²) in [5, 5.41) is 11.4. The van der Waals surface area contributed by atoms with Gasteiger partial charge in [0.25, 0.3) is 0 Å². The van der Waals surface area contributed by atoms with Gasteiger partial charge in [0.05, 0.1) is 17.5 Å². The van der Waals surface area contributed by atoms with Gasteiger partial charge in [0, 0.05) is 28.4 Å². The molecule has 0 saturated carbocycles. The van der Waals surface area contributed by atoms with Crippen LogP contribution >= 0.6 is 11.8 Å². The quantitative estimate of drug-likeness (QED) is 0.569. The zero-order valence-electron chi connectivity index (χ0n) is 12.9. The first-order valence-corrected chi connectivity index (χ1v) is 8.28. The Morgan fingerprint density at radius 1 is 1.32 bits per heavy atom. The lowest BCUT2D eigenvalue weighted by Gasteiger charge is -2.26. The minimum absolute atomic E-state index is 0.700. The normalized spacial score (nSPS) is 11.2. The number of rotatable bonds is 6. The van der Waals surface area contributed by atoms with Crippen LogP contribution in [0.5, 0.6) is 0 Å². The molecule has 0 bridgehead atoms. The van der Waals surface area contributed by atoms with Gasteiger partial charge in [-0.3, -0.25) is 4.99 Å². The van der Waals surface area contributed by atoms with Crippen LogP contribution in [0.2, 0.25) is 0 Å². The summed E-state index contributed by atoms with van der Waals surface area (Å²) in [5.74, 6) is 1.88. The van der Waals surface area contributed by atoms with Gasteiger partial charge in [0.2, 0.25) is 0 Å². The number of thioether (sulfide) groups is 1. The Kier molecular flexibility index (Phi) is 5.62. The van der Waals surface area contributed by atoms with Crippen molar-refractivity contribution in [2.75, 3.05) is 16.5 Å². The van der Waals surface area contributed by atoms with E-state index in [2.05, 4.69) is 35.7 Å². The largest absolute Gasteiger partial charge is 0.334 e. The molecule has 0 fully saturated rings. The van der Waals surface area contributed by atoms with Crippen LogP contribution in [0.3, 0.4) is 0 Å². The van der Waals surface area contributed by atoms with Crippen LogP contribution in [0.15, 0.2) is 53.3 Å². The van der Waals surface area contributed by atoms with Crippen LogP contribution in [0, 0.1) is 11.3 Å². The highest BCUT2D eigenvalue weighted by Gasteiger charge is 2.13. The molecule has 2 aromatic rings. The Labute approximate surface area is 136 Å². The van der Waals surface area contributed by atoms with Crippen LogP contribution < -0.4 is 4.90 Å². The van der Waals surface area contributed by atoms with Crippen LogP contribution in [0.25, 0.3) is 10.8 Å². The molecule has 0 N–H and O–H groups in total. The molecule has 0 aliphatic carbocycles. The molecule has 4 heteroatoms. The van der Waals surface area contributed by atoms with Gasteiger partial charge in [-0.2, -0.15) is 5.26 Å². The summed E-state index contributed by atoms with van der Waals surface area (Å²) in [4.78, 5) is 6.10. The predicted octanol–water partition coefficient (Wildman–Crippen LogP) is 4.79. The molecule has 0 heterocycles. The van der Waals surface area contributed by atoms with Crippen molar-refractivity contribution in [1.82, 2.24) is 0 Å². The van der Waals surface area contributed by atoms with E-state index < -0.39 is 0 Å². The first kappa shape index (κ1) is 16.1. The Balaban J connectivity index is 2.61. The van der Waals surface area contributed by atoms with E-state index in [1.807, 2.05) is 49.0 Å². The van der Waals surface area contributed by atoms with Crippen molar-refractivity contribution in [3.8, 4) is 6.07 Å². The number of hydrogen-bond donors (Lipinski definition) is 0. The van der Waals surface area contributed by atoms with Crippen LogP contribution in [-0.4, -0.2) is 18.3 Å². The molecule has 112 valence electrons. The van der Waals surface area contributed by atoms with E-state index in [1.54, 1.807) is 6.20 Å². The van der Waals surface area contributed by atoms with Gasteiger partial charge in [0.15, 0.2) is 0 Å². The van der Waals surface area contributed by atoms with Crippen molar-refractivity contribution in [3.05, 3.63) is 53.9 Å². The van der Waals surface area contributed by atoms with Gasteiger partial charge >= 0.3 is 0 Å². The maximum absolute atomic E-state index is 9.30. The smallest absolute Gasteiger partial charge is 0.0998 e. The second kappa shape index (κ2) is 7.67. The van der Waals surface area contributed by atoms with Crippen LogP contribution in [0.4, 0.5) is 5.69 Å². The number of allylic oxidation sites excluding steroid dienone is 1. The van der Waals surface area contributed by atoms with Crippen LogP contribution in [0.1, 0.15) is 19.4 Å². The maximum Gasteiger partial charge on any atom is 0.0998 e. The summed E-state index contributed by atoms with van der Waals surface area (Å²) in [7, 11) is 0. The van der Waals surface area contributed by atoms with Gasteiger partial charge in [-0.05, 0) is 31.5 Å². The molecule has 0 atom stereocenters. The monoisotopic (exact) mass is 309 g/mol. The zero-order valence-corrected chi connectivity index (χ0v) is 13.7. The lowest BCUT2D eigenvalue weighted by molar-refractivity contribution is 1.06. The molecule has 0 aliphatic heterocycles. The third-order valence-electron chi connectivity index (χ3n) is 3.44. The summed E-state index contributed by atoms with van der Waals surface area (Å²) < 4.78 is 0. The second-order valence-corrected chi connectivity index (χ2v) is 6.04. The first-order chi connectivity index (χ1) is 10.7. The molecule has 3 nitrogen and oxygen atoms in total. The molecule has 2 rings (SSSR count). The lowest BCUT2D eigenvalue weighted by atomic mass is 10.0. The van der Waals surface area contributed by atoms with Crippen LogP contribution in [-0.2, 0) is 0 Å². The molecule has 0 unspecified atom stereocenters. The van der Waals surface area contributed by atoms with Gasteiger partial charge < -0.3 is 4.90 Å². The van der Waals surface area contributed by atoms with E-state index in [0.29, 0.717) is 5.56 Å². The summed E-state index contributed by atoms with van der Waals surface area (Å²) in [5.41, 5.74) is 2.82. The van der Waals surface area contributed by atoms with E-state index in [9.17, 15) is 5.26 Å². The molecule has 0 saturated heterocycles. The van der Waals surface area contributed by atoms with Crippen molar-refractivity contribution < 1.29 is 0 Å². The molecule has 2 aromatic carbocycles. The SMILES string of the molecule is C=N/C=C(/C)N(CSCC)c1ccc(C#N)c2ccccc12. The number of aliphatic imine (C=N–C) groups is 1. The first-order valence-electron chi connectivity index (χ1n) is 7.12. The highest BCUT2D eigenvalue weighted by atomic mass is 32.2. The molecule has 0 aliphatic rings. The van der Waals surface area contributed by atoms with Crippen molar-refractivity contribution in [1.29, 1.82) is 5.26 Å². The van der Waals surface area contributed by atoms with E-state index >= 15 is 0 Å². The van der Waals surface area contributed by atoms with Gasteiger partial charge in [-0.1, -0.05) is 31.2 Å². The minimum atomic E-state index is 0.700. The fourth-order valence-electron chi connectivity index (χ4n) is 2.36. The molecule has 0 aromatic heterocycles. The van der Waals surface area contributed by atoms with Crippen molar-refractivity contribution >= 4 is 34.9 Å². The summed E-state index contributed by atoms with van der Waals surface area (Å²) in [6.07, 6.45) is 1.77. The fraction of sp³-hybridized carbons (Fsp3) is 0.222. The van der Waals surface area contributed by atoms with E-state index in [4.69, 9.17) is 0 Å². The number of hydrogen-bond acceptors (Lipinski definition) is 4. The van der Waals surface area contributed by atoms with Crippen molar-refractivity contribution in [3.63, 3.8) is 0 Å². The lowest BCUT2D eigenvalue weighted by Crippen LogP contribution is -2.20. The molecular formula is C18H19N3S. The van der Waals surface area contributed by atoms with Gasteiger partial charge in [-0.25, -0.2) is 0 Å². The molecule has 0 spiro atoms. The fourth-order valence-corrected chi connectivity index (χ4v) is 3.07. The third-order valence-corrected chi connectivity index (χ3v) is 4.29. The summed E-state index contributed by atoms with van der Waals surface area (Å²) in [6, 6.07) is 14.2. The highest BCUT2D eigenvalue weighted by Crippen LogP contribution is 2.32. The standard InChI is InChI=1S/C18H19N3S/c1-4-22-13-21(14(2)12-20-3)18-10-9-15(11-19)16-7-5-6-8-17(16)18/h5-10,12H,3-4,13H2,1-2H3/b14-12-. The number of nitriles is 1. The topological polar surface area (TPSA) is 39.4 Å². The molecule has 0 radical (unpaired) electrons. The Hall–Kier alpha value is -2.25. The van der Waals surface area contributed by atoms with Crippen molar-refractivity contribution in [2.24, 2.45) is 4.99 Å². The highest BCUT2D eigenvalue weighted by molar-refractivity contribution is 7.99. The number of fused-ring (bicyclic) bond motifs is 1. The average molecular weight is 309 g/mol. The van der Waals surface area contributed by atoms with E-state index in [1.165, 1.54) is 0 Å². The Morgan fingerprint density at radius 2 is 2.05 bits per heavy atom. The minimum Gasteiger partial charge on any atom is -0.334 e. The van der Waals surface area contributed by atoms with Gasteiger partial charge in [0.1, 0.15) is 0 Å². The number of nitrogens with zero attached hydrogens (tertiary/aromatic N) is 3. The molecular weight excluding hydrogens is 290 g/mol. The third kappa shape index (κ3) is 3.32.